The fraction of sp³-hybridized carbons (Fsp3) is 0.550. The number of aromatic nitrogens is 2. The molecule has 1 fully saturated rings. The molecular formula is C20H29N3O3S. The molecule has 1 aliphatic heterocycles. The van der Waals surface area contributed by atoms with Crippen LogP contribution in [-0.2, 0) is 16.4 Å². The van der Waals surface area contributed by atoms with Crippen LogP contribution in [-0.4, -0.2) is 54.8 Å². The number of para-hydroxylation sites is 1. The number of benzene rings is 1. The Morgan fingerprint density at radius 1 is 1.26 bits per heavy atom. The van der Waals surface area contributed by atoms with Crippen LogP contribution in [0.1, 0.15) is 35.8 Å². The summed E-state index contributed by atoms with van der Waals surface area (Å²) in [6.45, 7) is 6.48. The zero-order chi connectivity index (χ0) is 19.4. The standard InChI is InChI=1S/C20H29N3O3S/c1-16-20(17(2)23(21-16)18-10-13-27(24,25)15-18)14-22(3)11-7-12-26-19-8-5-4-6-9-19/h4-6,8-9,18H,7,10-15H2,1-3H3/t18-/m0/s1. The maximum Gasteiger partial charge on any atom is 0.152 e. The average Bonchev–Trinajstić information content (AvgIpc) is 3.13. The molecule has 1 aliphatic rings. The van der Waals surface area contributed by atoms with Crippen molar-refractivity contribution in [2.75, 3.05) is 31.7 Å². The van der Waals surface area contributed by atoms with Crippen molar-refractivity contribution in [1.29, 1.82) is 0 Å². The van der Waals surface area contributed by atoms with Gasteiger partial charge in [-0.05, 0) is 45.9 Å². The van der Waals surface area contributed by atoms with E-state index in [9.17, 15) is 8.42 Å². The molecule has 1 saturated heterocycles. The molecule has 0 spiro atoms. The lowest BCUT2D eigenvalue weighted by molar-refractivity contribution is 0.258. The highest BCUT2D eigenvalue weighted by atomic mass is 32.2. The van der Waals surface area contributed by atoms with Crippen molar-refractivity contribution in [2.45, 2.75) is 39.3 Å². The van der Waals surface area contributed by atoms with Gasteiger partial charge in [0.15, 0.2) is 9.84 Å². The Bertz CT molecular complexity index is 862. The second-order valence-corrected chi connectivity index (χ2v) is 9.63. The largest absolute Gasteiger partial charge is 0.494 e. The molecule has 3 rings (SSSR count). The van der Waals surface area contributed by atoms with Gasteiger partial charge in [0.25, 0.3) is 0 Å². The van der Waals surface area contributed by atoms with Crippen LogP contribution in [0.25, 0.3) is 0 Å². The first-order valence-electron chi connectivity index (χ1n) is 9.47. The quantitative estimate of drug-likeness (QED) is 0.648. The number of hydrogen-bond donors (Lipinski definition) is 0. The third-order valence-electron chi connectivity index (χ3n) is 5.15. The van der Waals surface area contributed by atoms with E-state index in [1.165, 1.54) is 5.56 Å². The topological polar surface area (TPSA) is 64.4 Å². The fourth-order valence-electron chi connectivity index (χ4n) is 3.64. The summed E-state index contributed by atoms with van der Waals surface area (Å²) in [4.78, 5) is 2.26. The average molecular weight is 392 g/mol. The van der Waals surface area contributed by atoms with Gasteiger partial charge in [0.05, 0.1) is 29.8 Å². The van der Waals surface area contributed by atoms with Crippen LogP contribution < -0.4 is 4.74 Å². The van der Waals surface area contributed by atoms with E-state index in [4.69, 9.17) is 4.74 Å². The first kappa shape index (κ1) is 19.9. The second-order valence-electron chi connectivity index (χ2n) is 7.40. The van der Waals surface area contributed by atoms with Gasteiger partial charge in [0.2, 0.25) is 0 Å². The van der Waals surface area contributed by atoms with Gasteiger partial charge >= 0.3 is 0 Å². The first-order chi connectivity index (χ1) is 12.9. The number of ether oxygens (including phenoxy) is 1. The molecule has 2 aromatic rings. The lowest BCUT2D eigenvalue weighted by Gasteiger charge is -2.18. The van der Waals surface area contributed by atoms with Crippen LogP contribution >= 0.6 is 0 Å². The van der Waals surface area contributed by atoms with Gasteiger partial charge in [-0.25, -0.2) is 8.42 Å². The van der Waals surface area contributed by atoms with Gasteiger partial charge in [0.1, 0.15) is 5.75 Å². The minimum absolute atomic E-state index is 0.0213. The van der Waals surface area contributed by atoms with E-state index in [0.717, 1.165) is 36.6 Å². The molecule has 0 radical (unpaired) electrons. The van der Waals surface area contributed by atoms with E-state index >= 15 is 0 Å². The molecule has 0 unspecified atom stereocenters. The van der Waals surface area contributed by atoms with Gasteiger partial charge in [-0.2, -0.15) is 5.10 Å². The molecule has 148 valence electrons. The SMILES string of the molecule is Cc1nn([C@H]2CCS(=O)(=O)C2)c(C)c1CN(C)CCCOc1ccccc1. The molecule has 0 amide bonds. The smallest absolute Gasteiger partial charge is 0.152 e. The Labute approximate surface area is 162 Å². The van der Waals surface area contributed by atoms with Crippen molar-refractivity contribution in [3.63, 3.8) is 0 Å². The third kappa shape index (κ3) is 5.11. The highest BCUT2D eigenvalue weighted by Crippen LogP contribution is 2.27. The number of hydrogen-bond acceptors (Lipinski definition) is 5. The zero-order valence-electron chi connectivity index (χ0n) is 16.4. The molecule has 1 atom stereocenters. The molecule has 1 aromatic heterocycles. The number of sulfone groups is 1. The summed E-state index contributed by atoms with van der Waals surface area (Å²) >= 11 is 0. The monoisotopic (exact) mass is 391 g/mol. The van der Waals surface area contributed by atoms with Crippen molar-refractivity contribution in [3.8, 4) is 5.75 Å². The predicted molar refractivity (Wildman–Crippen MR) is 107 cm³/mol. The van der Waals surface area contributed by atoms with E-state index in [0.29, 0.717) is 13.0 Å². The molecule has 0 bridgehead atoms. The molecule has 7 heteroatoms. The van der Waals surface area contributed by atoms with Gasteiger partial charge in [-0.15, -0.1) is 0 Å². The zero-order valence-corrected chi connectivity index (χ0v) is 17.2. The van der Waals surface area contributed by atoms with Crippen LogP contribution in [0.5, 0.6) is 5.75 Å². The summed E-state index contributed by atoms with van der Waals surface area (Å²) in [5.41, 5.74) is 3.27. The minimum Gasteiger partial charge on any atom is -0.494 e. The molecule has 0 N–H and O–H groups in total. The summed E-state index contributed by atoms with van der Waals surface area (Å²) in [5, 5.41) is 4.65. The van der Waals surface area contributed by atoms with E-state index in [2.05, 4.69) is 17.0 Å². The maximum atomic E-state index is 11.8. The van der Waals surface area contributed by atoms with Crippen LogP contribution in [0.2, 0.25) is 0 Å². The Balaban J connectivity index is 1.52. The first-order valence-corrected chi connectivity index (χ1v) is 11.3. The highest BCUT2D eigenvalue weighted by Gasteiger charge is 2.31. The van der Waals surface area contributed by atoms with Crippen LogP contribution in [0.15, 0.2) is 30.3 Å². The third-order valence-corrected chi connectivity index (χ3v) is 6.90. The number of aryl methyl sites for hydroxylation is 1. The number of rotatable bonds is 8. The van der Waals surface area contributed by atoms with Crippen molar-refractivity contribution < 1.29 is 13.2 Å². The van der Waals surface area contributed by atoms with Crippen molar-refractivity contribution in [1.82, 2.24) is 14.7 Å². The summed E-state index contributed by atoms with van der Waals surface area (Å²) in [6.07, 6.45) is 1.61. The Kier molecular flexibility index (Phi) is 6.22. The molecular weight excluding hydrogens is 362 g/mol. The summed E-state index contributed by atoms with van der Waals surface area (Å²) < 4.78 is 31.2. The fourth-order valence-corrected chi connectivity index (χ4v) is 5.33. The van der Waals surface area contributed by atoms with Crippen molar-refractivity contribution in [3.05, 3.63) is 47.3 Å². The maximum absolute atomic E-state index is 11.8. The molecule has 6 nitrogen and oxygen atoms in total. The normalized spacial score (nSPS) is 18.9. The lowest BCUT2D eigenvalue weighted by Crippen LogP contribution is -2.21. The van der Waals surface area contributed by atoms with Gasteiger partial charge < -0.3 is 9.64 Å². The van der Waals surface area contributed by atoms with E-state index < -0.39 is 9.84 Å². The Hall–Kier alpha value is -1.86. The Morgan fingerprint density at radius 3 is 2.67 bits per heavy atom. The molecule has 1 aromatic carbocycles. The Morgan fingerprint density at radius 2 is 2.00 bits per heavy atom. The summed E-state index contributed by atoms with van der Waals surface area (Å²) in [5.74, 6) is 1.38. The van der Waals surface area contributed by atoms with Gasteiger partial charge in [0, 0.05) is 24.3 Å². The lowest BCUT2D eigenvalue weighted by atomic mass is 10.1. The van der Waals surface area contributed by atoms with Gasteiger partial charge in [-0.1, -0.05) is 18.2 Å². The molecule has 27 heavy (non-hydrogen) atoms. The second kappa shape index (κ2) is 8.44. The van der Waals surface area contributed by atoms with Crippen molar-refractivity contribution in [2.24, 2.45) is 0 Å². The van der Waals surface area contributed by atoms with E-state index in [1.54, 1.807) is 0 Å². The molecule has 0 aliphatic carbocycles. The van der Waals surface area contributed by atoms with Crippen LogP contribution in [0.4, 0.5) is 0 Å². The van der Waals surface area contributed by atoms with Crippen molar-refractivity contribution >= 4 is 9.84 Å². The summed E-state index contributed by atoms with van der Waals surface area (Å²) in [7, 11) is -0.814. The molecule has 0 saturated carbocycles. The van der Waals surface area contributed by atoms with Gasteiger partial charge in [-0.3, -0.25) is 4.68 Å². The van der Waals surface area contributed by atoms with E-state index in [-0.39, 0.29) is 17.5 Å². The van der Waals surface area contributed by atoms with Crippen LogP contribution in [0, 0.1) is 13.8 Å². The predicted octanol–water partition coefficient (Wildman–Crippen LogP) is 2.76. The van der Waals surface area contributed by atoms with Crippen LogP contribution in [0.3, 0.4) is 0 Å². The highest BCUT2D eigenvalue weighted by molar-refractivity contribution is 7.91. The number of nitrogens with zero attached hydrogens (tertiary/aromatic N) is 3. The van der Waals surface area contributed by atoms with E-state index in [1.807, 2.05) is 48.9 Å². The molecule has 2 heterocycles. The summed E-state index contributed by atoms with van der Waals surface area (Å²) in [6, 6.07) is 9.83. The minimum atomic E-state index is -2.91.